The molecule has 1 aliphatic carbocycles. The van der Waals surface area contributed by atoms with Crippen molar-refractivity contribution in [2.24, 2.45) is 5.92 Å². The maximum atomic E-state index is 12.8. The number of nitrogens with zero attached hydrogens (tertiary/aromatic N) is 4. The third-order valence-electron chi connectivity index (χ3n) is 6.44. The van der Waals surface area contributed by atoms with Gasteiger partial charge in [-0.1, -0.05) is 26.3 Å². The number of nitrogens with one attached hydrogen (secondary N) is 1. The fourth-order valence-electron chi connectivity index (χ4n) is 4.40. The predicted molar refractivity (Wildman–Crippen MR) is 124 cm³/mol. The number of pyridine rings is 1. The molecule has 1 aromatic rings. The van der Waals surface area contributed by atoms with Gasteiger partial charge in [0.2, 0.25) is 5.91 Å². The summed E-state index contributed by atoms with van der Waals surface area (Å²) < 4.78 is 0. The third-order valence-corrected chi connectivity index (χ3v) is 6.44. The monoisotopic (exact) mass is 413 g/mol. The number of piperazine rings is 1. The normalized spacial score (nSPS) is 20.2. The number of carbonyl (C=O) groups is 1. The number of fused-ring (bicyclic) bond motifs is 1. The van der Waals surface area contributed by atoms with Crippen molar-refractivity contribution in [1.82, 2.24) is 19.7 Å². The van der Waals surface area contributed by atoms with Crippen LogP contribution in [0.1, 0.15) is 44.4 Å². The molecule has 166 valence electrons. The van der Waals surface area contributed by atoms with Crippen molar-refractivity contribution in [2.45, 2.75) is 52.1 Å². The highest BCUT2D eigenvalue weighted by Gasteiger charge is 2.30. The molecule has 2 fully saturated rings. The Labute approximate surface area is 182 Å². The fourth-order valence-corrected chi connectivity index (χ4v) is 4.40. The van der Waals surface area contributed by atoms with Crippen molar-refractivity contribution >= 4 is 11.7 Å². The quantitative estimate of drug-likeness (QED) is 0.727. The van der Waals surface area contributed by atoms with Gasteiger partial charge in [0, 0.05) is 64.0 Å². The van der Waals surface area contributed by atoms with Crippen LogP contribution in [0.2, 0.25) is 0 Å². The highest BCUT2D eigenvalue weighted by Crippen LogP contribution is 2.25. The minimum atomic E-state index is 0.292. The van der Waals surface area contributed by atoms with E-state index in [0.717, 1.165) is 64.1 Å². The molecule has 30 heavy (non-hydrogen) atoms. The lowest BCUT2D eigenvalue weighted by molar-refractivity contribution is -0.135. The Morgan fingerprint density at radius 2 is 1.90 bits per heavy atom. The Kier molecular flexibility index (Phi) is 8.28. The number of carbonyl (C=O) groups excluding carboxylic acids is 1. The van der Waals surface area contributed by atoms with Gasteiger partial charge in [-0.3, -0.25) is 14.6 Å². The summed E-state index contributed by atoms with van der Waals surface area (Å²) in [6.07, 6.45) is 5.01. The number of hydrogen-bond acceptors (Lipinski definition) is 5. The molecule has 0 aromatic carbocycles. The molecule has 2 aliphatic heterocycles. The maximum Gasteiger partial charge on any atom is 0.236 e. The second kappa shape index (κ2) is 10.9. The van der Waals surface area contributed by atoms with E-state index in [1.807, 2.05) is 0 Å². The van der Waals surface area contributed by atoms with Crippen molar-refractivity contribution in [2.75, 3.05) is 51.1 Å². The summed E-state index contributed by atoms with van der Waals surface area (Å²) in [4.78, 5) is 24.5. The van der Waals surface area contributed by atoms with E-state index in [9.17, 15) is 4.79 Å². The summed E-state index contributed by atoms with van der Waals surface area (Å²) in [5.74, 6) is 1.87. The zero-order valence-electron chi connectivity index (χ0n) is 18.9. The van der Waals surface area contributed by atoms with Gasteiger partial charge in [0.25, 0.3) is 0 Å². The van der Waals surface area contributed by atoms with Crippen LogP contribution in [-0.4, -0.2) is 77.4 Å². The van der Waals surface area contributed by atoms with Crippen LogP contribution in [0.15, 0.2) is 25.3 Å². The number of hydrogen-bond donors (Lipinski definition) is 1. The van der Waals surface area contributed by atoms with Crippen LogP contribution in [-0.2, 0) is 17.8 Å². The fraction of sp³-hybridized carbons (Fsp3) is 0.667. The van der Waals surface area contributed by atoms with Crippen LogP contribution in [0.5, 0.6) is 0 Å². The zero-order valence-corrected chi connectivity index (χ0v) is 18.9. The van der Waals surface area contributed by atoms with Gasteiger partial charge in [0.05, 0.1) is 6.54 Å². The van der Waals surface area contributed by atoms with Gasteiger partial charge in [-0.25, -0.2) is 4.98 Å². The average Bonchev–Trinajstić information content (AvgIpc) is 2.73. The highest BCUT2D eigenvalue weighted by atomic mass is 16.2. The minimum Gasteiger partial charge on any atom is -0.370 e. The molecule has 1 saturated carbocycles. The first-order valence-electron chi connectivity index (χ1n) is 11.6. The van der Waals surface area contributed by atoms with E-state index < -0.39 is 0 Å². The van der Waals surface area contributed by atoms with Crippen LogP contribution < -0.4 is 5.32 Å². The summed E-state index contributed by atoms with van der Waals surface area (Å²) in [7, 11) is 0. The molecule has 0 spiro atoms. The molecule has 0 atom stereocenters. The second-order valence-electron chi connectivity index (χ2n) is 9.04. The minimum absolute atomic E-state index is 0.292. The lowest BCUT2D eigenvalue weighted by atomic mass is 9.91. The van der Waals surface area contributed by atoms with Crippen LogP contribution in [0.3, 0.4) is 0 Å². The Morgan fingerprint density at radius 3 is 2.53 bits per heavy atom. The average molecular weight is 414 g/mol. The summed E-state index contributed by atoms with van der Waals surface area (Å²) in [6.45, 7) is 17.5. The smallest absolute Gasteiger partial charge is 0.236 e. The van der Waals surface area contributed by atoms with Gasteiger partial charge in [0.1, 0.15) is 5.82 Å². The molecule has 3 aliphatic rings. The van der Waals surface area contributed by atoms with Crippen LogP contribution in [0, 0.1) is 5.92 Å². The van der Waals surface area contributed by atoms with Gasteiger partial charge >= 0.3 is 0 Å². The van der Waals surface area contributed by atoms with E-state index in [0.29, 0.717) is 18.4 Å². The first-order valence-corrected chi connectivity index (χ1v) is 11.6. The van der Waals surface area contributed by atoms with Gasteiger partial charge in [0.15, 0.2) is 0 Å². The van der Waals surface area contributed by atoms with E-state index in [-0.39, 0.29) is 0 Å². The van der Waals surface area contributed by atoms with Crippen molar-refractivity contribution in [3.8, 4) is 0 Å². The van der Waals surface area contributed by atoms with Crippen LogP contribution >= 0.6 is 0 Å². The Hall–Kier alpha value is -1.92. The summed E-state index contributed by atoms with van der Waals surface area (Å²) in [6, 6.07) is 5.05. The van der Waals surface area contributed by atoms with E-state index in [4.69, 9.17) is 4.98 Å². The third kappa shape index (κ3) is 5.82. The lowest BCUT2D eigenvalue weighted by Crippen LogP contribution is -2.55. The largest absolute Gasteiger partial charge is 0.370 e. The van der Waals surface area contributed by atoms with E-state index in [2.05, 4.69) is 59.2 Å². The Balaban J connectivity index is 0.00000124. The van der Waals surface area contributed by atoms with E-state index >= 15 is 0 Å². The van der Waals surface area contributed by atoms with Crippen molar-refractivity contribution in [1.29, 1.82) is 0 Å². The zero-order chi connectivity index (χ0) is 21.5. The van der Waals surface area contributed by atoms with Crippen molar-refractivity contribution in [3.05, 3.63) is 36.5 Å². The first kappa shape index (κ1) is 22.8. The highest BCUT2D eigenvalue weighted by molar-refractivity contribution is 5.78. The molecule has 0 unspecified atom stereocenters. The van der Waals surface area contributed by atoms with Gasteiger partial charge < -0.3 is 10.2 Å². The van der Waals surface area contributed by atoms with Crippen molar-refractivity contribution < 1.29 is 4.79 Å². The van der Waals surface area contributed by atoms with Crippen LogP contribution in [0.25, 0.3) is 0 Å². The summed E-state index contributed by atoms with van der Waals surface area (Å²) >= 11 is 0. The molecule has 6 heteroatoms. The lowest BCUT2D eigenvalue weighted by Gasteiger charge is -2.43. The maximum absolute atomic E-state index is 12.8. The number of aromatic nitrogens is 1. The number of anilines is 1. The molecule has 6 nitrogen and oxygen atoms in total. The molecule has 1 N–H and O–H groups in total. The molecule has 1 aromatic heterocycles. The molecular weight excluding hydrogens is 374 g/mol. The van der Waals surface area contributed by atoms with Gasteiger partial charge in [-0.2, -0.15) is 0 Å². The molecule has 0 radical (unpaired) electrons. The standard InChI is InChI=1S/C22H35N5O.C2H4/c1-17(2)14-23-21-7-6-18-15-25(9-8-20(18)24-21)16-22(28)27-12-10-26(11-13-27)19-4-3-5-19;1-2/h6-7,17,19H,3-5,8-16H2,1-2H3,(H,23,24);1-2H2. The number of rotatable bonds is 6. The summed E-state index contributed by atoms with van der Waals surface area (Å²) in [5.41, 5.74) is 2.45. The molecule has 0 bridgehead atoms. The van der Waals surface area contributed by atoms with Gasteiger partial charge in [-0.05, 0) is 30.4 Å². The Bertz CT molecular complexity index is 695. The van der Waals surface area contributed by atoms with E-state index in [1.165, 1.54) is 30.5 Å². The molecule has 4 rings (SSSR count). The molecule has 1 amide bonds. The number of amides is 1. The topological polar surface area (TPSA) is 51.7 Å². The predicted octanol–water partition coefficient (Wildman–Crippen LogP) is 3.01. The molecular formula is C24H39N5O. The van der Waals surface area contributed by atoms with Gasteiger partial charge in [-0.15, -0.1) is 13.2 Å². The Morgan fingerprint density at radius 1 is 1.17 bits per heavy atom. The second-order valence-corrected chi connectivity index (χ2v) is 9.04. The molecule has 1 saturated heterocycles. The van der Waals surface area contributed by atoms with E-state index in [1.54, 1.807) is 0 Å². The summed E-state index contributed by atoms with van der Waals surface area (Å²) in [5, 5.41) is 3.41. The molecule has 3 heterocycles. The van der Waals surface area contributed by atoms with Crippen LogP contribution in [0.4, 0.5) is 5.82 Å². The van der Waals surface area contributed by atoms with Crippen molar-refractivity contribution in [3.63, 3.8) is 0 Å². The first-order chi connectivity index (χ1) is 14.6. The SMILES string of the molecule is C=C.CC(C)CNc1ccc2c(n1)CCN(CC(=O)N1CCN(C3CCC3)CC1)C2.